The lowest BCUT2D eigenvalue weighted by Crippen LogP contribution is -2.07. The molecule has 3 heteroatoms. The third-order valence-corrected chi connectivity index (χ3v) is 11.6. The van der Waals surface area contributed by atoms with E-state index >= 15 is 0 Å². The van der Waals surface area contributed by atoms with Crippen LogP contribution in [0.3, 0.4) is 0 Å². The van der Waals surface area contributed by atoms with Crippen molar-refractivity contribution in [2.24, 2.45) is 5.92 Å². The molecule has 0 spiro atoms. The van der Waals surface area contributed by atoms with Gasteiger partial charge in [-0.05, 0) is 86.3 Å². The maximum Gasteiger partial charge on any atom is 0.160 e. The van der Waals surface area contributed by atoms with E-state index in [1.807, 2.05) is 18.2 Å². The van der Waals surface area contributed by atoms with E-state index in [-0.39, 0.29) is 0 Å². The minimum atomic E-state index is 0.430. The van der Waals surface area contributed by atoms with Gasteiger partial charge in [-0.1, -0.05) is 159 Å². The predicted molar refractivity (Wildman–Crippen MR) is 236 cm³/mol. The second-order valence-electron chi connectivity index (χ2n) is 15.0. The Bertz CT molecular complexity index is 3210. The molecule has 11 rings (SSSR count). The van der Waals surface area contributed by atoms with E-state index in [1.165, 1.54) is 70.9 Å². The molecule has 0 fully saturated rings. The lowest BCUT2D eigenvalue weighted by molar-refractivity contribution is 0.725. The van der Waals surface area contributed by atoms with E-state index in [0.29, 0.717) is 11.7 Å². The normalized spacial score (nSPS) is 14.3. The minimum Gasteiger partial charge on any atom is -0.313 e. The molecule has 0 aliphatic heterocycles. The van der Waals surface area contributed by atoms with Crippen LogP contribution in [0.1, 0.15) is 13.3 Å². The van der Waals surface area contributed by atoms with Gasteiger partial charge in [0, 0.05) is 39.1 Å². The van der Waals surface area contributed by atoms with Crippen LogP contribution in [0.15, 0.2) is 188 Å². The highest BCUT2D eigenvalue weighted by atomic mass is 15.0. The third-order valence-electron chi connectivity index (χ3n) is 11.6. The number of hydrogen-bond donors (Lipinski definition) is 0. The molecule has 0 amide bonds. The first-order valence-electron chi connectivity index (χ1n) is 19.5. The molecule has 8 aromatic carbocycles. The largest absolute Gasteiger partial charge is 0.313 e. The van der Waals surface area contributed by atoms with Gasteiger partial charge in [-0.3, -0.25) is 0 Å². The number of hydrogen-bond acceptors (Lipinski definition) is 2. The molecule has 1 aliphatic carbocycles. The minimum absolute atomic E-state index is 0.430. The molecule has 0 bridgehead atoms. The Morgan fingerprint density at radius 3 is 1.71 bits per heavy atom. The van der Waals surface area contributed by atoms with Crippen LogP contribution >= 0.6 is 0 Å². The quantitative estimate of drug-likeness (QED) is 0.166. The smallest absolute Gasteiger partial charge is 0.160 e. The van der Waals surface area contributed by atoms with Gasteiger partial charge < -0.3 is 4.57 Å². The van der Waals surface area contributed by atoms with E-state index in [1.54, 1.807) is 0 Å². The molecule has 1 unspecified atom stereocenters. The Balaban J connectivity index is 1.12. The molecule has 264 valence electrons. The van der Waals surface area contributed by atoms with Crippen molar-refractivity contribution in [1.29, 1.82) is 0 Å². The number of rotatable bonds is 5. The topological polar surface area (TPSA) is 30.7 Å². The highest BCUT2D eigenvalue weighted by Gasteiger charge is 2.21. The third kappa shape index (κ3) is 5.27. The van der Waals surface area contributed by atoms with Crippen LogP contribution in [-0.4, -0.2) is 14.5 Å². The van der Waals surface area contributed by atoms with Crippen LogP contribution in [0.25, 0.3) is 105 Å². The van der Waals surface area contributed by atoms with Gasteiger partial charge in [0.1, 0.15) is 0 Å². The summed E-state index contributed by atoms with van der Waals surface area (Å²) in [5.74, 6) is 1.14. The predicted octanol–water partition coefficient (Wildman–Crippen LogP) is 14.1. The van der Waals surface area contributed by atoms with Crippen LogP contribution < -0.4 is 0 Å². The molecule has 1 aliphatic rings. The molecule has 0 N–H and O–H groups in total. The average Bonchev–Trinajstić information content (AvgIpc) is 3.59. The number of allylic oxidation sites excluding steroid dienone is 4. The summed E-state index contributed by atoms with van der Waals surface area (Å²) >= 11 is 0. The fourth-order valence-corrected chi connectivity index (χ4v) is 8.81. The van der Waals surface area contributed by atoms with Crippen LogP contribution in [0.5, 0.6) is 0 Å². The zero-order valence-corrected chi connectivity index (χ0v) is 31.0. The Kier molecular flexibility index (Phi) is 7.53. The first-order valence-corrected chi connectivity index (χ1v) is 19.5. The van der Waals surface area contributed by atoms with E-state index in [0.717, 1.165) is 34.5 Å². The monoisotopic (exact) mass is 715 g/mol. The SMILES string of the molecule is CC1CC=CC=C1n1c2ccccc2c2cc3c4ccc(-c5cc(-c6ccc(-c7ccccc7)cc6)nc(-c6ccccc6)n5)cc4c4ccccc4c3cc21. The summed E-state index contributed by atoms with van der Waals surface area (Å²) in [7, 11) is 0. The van der Waals surface area contributed by atoms with Crippen molar-refractivity contribution < 1.29 is 0 Å². The molecule has 2 aromatic heterocycles. The number of nitrogens with zero attached hydrogens (tertiary/aromatic N) is 3. The summed E-state index contributed by atoms with van der Waals surface area (Å²) in [5.41, 5.74) is 11.1. The number of aromatic nitrogens is 3. The molecule has 3 nitrogen and oxygen atoms in total. The van der Waals surface area contributed by atoms with Gasteiger partial charge in [-0.25, -0.2) is 9.97 Å². The molecule has 10 aromatic rings. The standard InChI is InChI=1S/C53H37N3/c1-34-14-8-12-22-50(34)56-51-23-13-11-21-43(51)47-31-45-42-29-28-39(30-44(42)40-19-9-10-20-41(40)46(45)32-52(47)56)49-33-48(54-53(55-49)38-17-6-3-7-18-38)37-26-24-36(25-27-37)35-15-4-2-5-16-35/h2-13,15-34H,14H2,1H3. The van der Waals surface area contributed by atoms with Crippen LogP contribution in [0, 0.1) is 5.92 Å². The van der Waals surface area contributed by atoms with Crippen LogP contribution in [0.4, 0.5) is 0 Å². The van der Waals surface area contributed by atoms with Crippen molar-refractivity contribution in [3.63, 3.8) is 0 Å². The van der Waals surface area contributed by atoms with Gasteiger partial charge in [0.25, 0.3) is 0 Å². The van der Waals surface area contributed by atoms with Gasteiger partial charge in [-0.2, -0.15) is 0 Å². The van der Waals surface area contributed by atoms with Crippen LogP contribution in [0.2, 0.25) is 0 Å². The summed E-state index contributed by atoms with van der Waals surface area (Å²) in [5, 5.41) is 10.0. The lowest BCUT2D eigenvalue weighted by atomic mass is 9.91. The highest BCUT2D eigenvalue weighted by Crippen LogP contribution is 2.43. The van der Waals surface area contributed by atoms with E-state index in [9.17, 15) is 0 Å². The maximum atomic E-state index is 5.22. The fraction of sp³-hybridized carbons (Fsp3) is 0.0566. The average molecular weight is 716 g/mol. The van der Waals surface area contributed by atoms with Gasteiger partial charge in [0.2, 0.25) is 0 Å². The van der Waals surface area contributed by atoms with Crippen molar-refractivity contribution in [1.82, 2.24) is 14.5 Å². The molecular formula is C53H37N3. The second kappa shape index (κ2) is 13.0. The van der Waals surface area contributed by atoms with Crippen molar-refractivity contribution >= 4 is 59.8 Å². The fourth-order valence-electron chi connectivity index (χ4n) is 8.81. The number of fused-ring (bicyclic) bond motifs is 9. The Hall–Kier alpha value is -7.10. The zero-order valence-electron chi connectivity index (χ0n) is 31.0. The van der Waals surface area contributed by atoms with E-state index in [2.05, 4.69) is 181 Å². The summed E-state index contributed by atoms with van der Waals surface area (Å²) in [4.78, 5) is 10.3. The van der Waals surface area contributed by atoms with Crippen LogP contribution in [-0.2, 0) is 0 Å². The van der Waals surface area contributed by atoms with Crippen molar-refractivity contribution in [2.75, 3.05) is 0 Å². The van der Waals surface area contributed by atoms with Crippen molar-refractivity contribution in [3.8, 4) is 45.0 Å². The first kappa shape index (κ1) is 32.3. The Morgan fingerprint density at radius 2 is 0.982 bits per heavy atom. The Labute approximate surface area is 325 Å². The van der Waals surface area contributed by atoms with Gasteiger partial charge >= 0.3 is 0 Å². The van der Waals surface area contributed by atoms with Gasteiger partial charge in [0.15, 0.2) is 5.82 Å². The Morgan fingerprint density at radius 1 is 0.429 bits per heavy atom. The first-order chi connectivity index (χ1) is 27.7. The molecule has 1 atom stereocenters. The molecule has 56 heavy (non-hydrogen) atoms. The molecule has 0 saturated heterocycles. The summed E-state index contributed by atoms with van der Waals surface area (Å²) < 4.78 is 2.51. The zero-order chi connectivity index (χ0) is 37.2. The molecular weight excluding hydrogens is 679 g/mol. The number of para-hydroxylation sites is 1. The summed E-state index contributed by atoms with van der Waals surface area (Å²) in [6.45, 7) is 2.34. The number of benzene rings is 8. The molecule has 0 radical (unpaired) electrons. The summed E-state index contributed by atoms with van der Waals surface area (Å²) in [6.07, 6.45) is 7.83. The second-order valence-corrected chi connectivity index (χ2v) is 15.0. The van der Waals surface area contributed by atoms with Crippen molar-refractivity contribution in [2.45, 2.75) is 13.3 Å². The van der Waals surface area contributed by atoms with Crippen molar-refractivity contribution in [3.05, 3.63) is 188 Å². The van der Waals surface area contributed by atoms with E-state index in [4.69, 9.17) is 9.97 Å². The van der Waals surface area contributed by atoms with Gasteiger partial charge in [0.05, 0.1) is 22.4 Å². The van der Waals surface area contributed by atoms with Gasteiger partial charge in [-0.15, -0.1) is 0 Å². The van der Waals surface area contributed by atoms with E-state index < -0.39 is 0 Å². The summed E-state index contributed by atoms with van der Waals surface area (Å²) in [6, 6.07) is 61.2. The molecule has 0 saturated carbocycles. The molecule has 2 heterocycles. The highest BCUT2D eigenvalue weighted by molar-refractivity contribution is 6.29. The lowest BCUT2D eigenvalue weighted by Gasteiger charge is -2.21. The maximum absolute atomic E-state index is 5.22.